The molecule has 2 rings (SSSR count). The maximum Gasteiger partial charge on any atom is 0.271 e. The molecule has 1 aliphatic heterocycles. The van der Waals surface area contributed by atoms with Gasteiger partial charge in [0.2, 0.25) is 0 Å². The molecule has 0 aromatic heterocycles. The minimum atomic E-state index is -0.299. The van der Waals surface area contributed by atoms with E-state index in [4.69, 9.17) is 0 Å². The number of non-ortho nitro benzene ring substituents is 1. The van der Waals surface area contributed by atoms with Gasteiger partial charge in [-0.05, 0) is 37.3 Å². The number of benzene rings is 1. The molecule has 1 heterocycles. The lowest BCUT2D eigenvalue weighted by Gasteiger charge is -2.29. The highest BCUT2D eigenvalue weighted by molar-refractivity contribution is 5.56. The van der Waals surface area contributed by atoms with Crippen molar-refractivity contribution in [2.24, 2.45) is 0 Å². The lowest BCUT2D eigenvalue weighted by molar-refractivity contribution is -0.384. The summed E-state index contributed by atoms with van der Waals surface area (Å²) in [6.45, 7) is 4.06. The minimum absolute atomic E-state index is 0.213. The van der Waals surface area contributed by atoms with Crippen molar-refractivity contribution in [3.8, 4) is 0 Å². The number of hydrogen-bond acceptors (Lipinski definition) is 3. The monoisotopic (exact) mass is 234 g/mol. The predicted molar refractivity (Wildman–Crippen MR) is 68.5 cm³/mol. The standard InChI is InChI=1S/C13H18N2O2/c1-2-11-8-12(10-13(9-11)15(16)17)14-6-4-3-5-7-14/h8-10H,2-7H2,1H3. The molecule has 0 N–H and O–H groups in total. The van der Waals surface area contributed by atoms with Crippen molar-refractivity contribution in [3.05, 3.63) is 33.9 Å². The Hall–Kier alpha value is -1.58. The first-order chi connectivity index (χ1) is 8.20. The van der Waals surface area contributed by atoms with Crippen LogP contribution in [0.4, 0.5) is 11.4 Å². The number of rotatable bonds is 3. The average molecular weight is 234 g/mol. The highest BCUT2D eigenvalue weighted by atomic mass is 16.6. The molecule has 1 aromatic rings. The van der Waals surface area contributed by atoms with Gasteiger partial charge in [-0.15, -0.1) is 0 Å². The number of hydrogen-bond donors (Lipinski definition) is 0. The number of piperidine rings is 1. The maximum absolute atomic E-state index is 10.9. The lowest BCUT2D eigenvalue weighted by Crippen LogP contribution is -2.29. The summed E-state index contributed by atoms with van der Waals surface area (Å²) in [5.41, 5.74) is 2.26. The molecule has 0 aliphatic carbocycles. The Morgan fingerprint density at radius 1 is 1.24 bits per heavy atom. The van der Waals surface area contributed by atoms with Crippen LogP contribution in [-0.2, 0) is 6.42 Å². The van der Waals surface area contributed by atoms with E-state index < -0.39 is 0 Å². The van der Waals surface area contributed by atoms with Crippen molar-refractivity contribution >= 4 is 11.4 Å². The molecule has 17 heavy (non-hydrogen) atoms. The van der Waals surface area contributed by atoms with Gasteiger partial charge >= 0.3 is 0 Å². The molecule has 4 heteroatoms. The molecule has 0 atom stereocenters. The topological polar surface area (TPSA) is 46.4 Å². The van der Waals surface area contributed by atoms with Crippen LogP contribution in [0.3, 0.4) is 0 Å². The predicted octanol–water partition coefficient (Wildman–Crippen LogP) is 3.15. The van der Waals surface area contributed by atoms with Crippen LogP contribution in [0.5, 0.6) is 0 Å². The zero-order valence-corrected chi connectivity index (χ0v) is 10.2. The van der Waals surface area contributed by atoms with Crippen molar-refractivity contribution in [1.29, 1.82) is 0 Å². The summed E-state index contributed by atoms with van der Waals surface area (Å²) in [5, 5.41) is 10.9. The fourth-order valence-corrected chi connectivity index (χ4v) is 2.30. The normalized spacial score (nSPS) is 15.9. The van der Waals surface area contributed by atoms with E-state index in [1.54, 1.807) is 12.1 Å². The second kappa shape index (κ2) is 5.17. The summed E-state index contributed by atoms with van der Waals surface area (Å²) in [5.74, 6) is 0. The van der Waals surface area contributed by atoms with E-state index in [2.05, 4.69) is 11.0 Å². The van der Waals surface area contributed by atoms with Crippen LogP contribution in [0.2, 0.25) is 0 Å². The molecule has 0 amide bonds. The maximum atomic E-state index is 10.9. The van der Waals surface area contributed by atoms with Gasteiger partial charge in [0, 0.05) is 30.9 Å². The van der Waals surface area contributed by atoms with Crippen molar-refractivity contribution in [2.45, 2.75) is 32.6 Å². The minimum Gasteiger partial charge on any atom is -0.371 e. The van der Waals surface area contributed by atoms with Crippen LogP contribution in [0.25, 0.3) is 0 Å². The average Bonchev–Trinajstić information content (AvgIpc) is 2.39. The van der Waals surface area contributed by atoms with Gasteiger partial charge in [0.25, 0.3) is 5.69 Å². The summed E-state index contributed by atoms with van der Waals surface area (Å²) < 4.78 is 0. The third-order valence-electron chi connectivity index (χ3n) is 3.30. The second-order valence-electron chi connectivity index (χ2n) is 4.52. The van der Waals surface area contributed by atoms with E-state index in [0.29, 0.717) is 0 Å². The van der Waals surface area contributed by atoms with Crippen molar-refractivity contribution < 1.29 is 4.92 Å². The van der Waals surface area contributed by atoms with Crippen LogP contribution in [0.1, 0.15) is 31.7 Å². The van der Waals surface area contributed by atoms with E-state index in [0.717, 1.165) is 30.8 Å². The summed E-state index contributed by atoms with van der Waals surface area (Å²) in [7, 11) is 0. The Bertz CT molecular complexity index is 412. The Morgan fingerprint density at radius 2 is 1.94 bits per heavy atom. The Kier molecular flexibility index (Phi) is 3.61. The molecular weight excluding hydrogens is 216 g/mol. The van der Waals surface area contributed by atoms with Gasteiger partial charge in [-0.1, -0.05) is 6.92 Å². The molecule has 0 saturated carbocycles. The van der Waals surface area contributed by atoms with E-state index >= 15 is 0 Å². The SMILES string of the molecule is CCc1cc(N2CCCCC2)cc([N+](=O)[O-])c1. The third-order valence-corrected chi connectivity index (χ3v) is 3.30. The van der Waals surface area contributed by atoms with Crippen LogP contribution < -0.4 is 4.90 Å². The van der Waals surface area contributed by atoms with Crippen LogP contribution in [-0.4, -0.2) is 18.0 Å². The first-order valence-corrected chi connectivity index (χ1v) is 6.24. The van der Waals surface area contributed by atoms with E-state index in [-0.39, 0.29) is 10.6 Å². The van der Waals surface area contributed by atoms with Crippen molar-refractivity contribution in [2.75, 3.05) is 18.0 Å². The second-order valence-corrected chi connectivity index (χ2v) is 4.52. The number of aryl methyl sites for hydroxylation is 1. The van der Waals surface area contributed by atoms with Crippen LogP contribution >= 0.6 is 0 Å². The van der Waals surface area contributed by atoms with E-state index in [1.165, 1.54) is 19.3 Å². The molecule has 1 aromatic carbocycles. The molecular formula is C13H18N2O2. The van der Waals surface area contributed by atoms with Crippen LogP contribution in [0, 0.1) is 10.1 Å². The fraction of sp³-hybridized carbons (Fsp3) is 0.538. The number of nitrogens with zero attached hydrogens (tertiary/aromatic N) is 2. The van der Waals surface area contributed by atoms with Gasteiger partial charge in [0.1, 0.15) is 0 Å². The molecule has 1 fully saturated rings. The van der Waals surface area contributed by atoms with Crippen molar-refractivity contribution in [1.82, 2.24) is 0 Å². The Balaban J connectivity index is 2.31. The molecule has 0 bridgehead atoms. The van der Waals surface area contributed by atoms with Gasteiger partial charge < -0.3 is 4.90 Å². The highest BCUT2D eigenvalue weighted by Gasteiger charge is 2.15. The summed E-state index contributed by atoms with van der Waals surface area (Å²) in [6, 6.07) is 5.45. The summed E-state index contributed by atoms with van der Waals surface area (Å²) in [6.07, 6.45) is 4.48. The molecule has 92 valence electrons. The first kappa shape index (κ1) is 11.9. The van der Waals surface area contributed by atoms with Gasteiger partial charge in [-0.3, -0.25) is 10.1 Å². The highest BCUT2D eigenvalue weighted by Crippen LogP contribution is 2.26. The number of anilines is 1. The van der Waals surface area contributed by atoms with Gasteiger partial charge in [-0.2, -0.15) is 0 Å². The molecule has 0 spiro atoms. The molecule has 0 radical (unpaired) electrons. The third kappa shape index (κ3) is 2.75. The molecule has 1 aliphatic rings. The lowest BCUT2D eigenvalue weighted by atomic mass is 10.1. The quantitative estimate of drug-likeness (QED) is 0.596. The number of nitro groups is 1. The smallest absolute Gasteiger partial charge is 0.271 e. The summed E-state index contributed by atoms with van der Waals surface area (Å²) >= 11 is 0. The Labute approximate surface area is 101 Å². The van der Waals surface area contributed by atoms with Gasteiger partial charge in [0.05, 0.1) is 4.92 Å². The zero-order valence-electron chi connectivity index (χ0n) is 10.2. The molecule has 4 nitrogen and oxygen atoms in total. The fourth-order valence-electron chi connectivity index (χ4n) is 2.30. The van der Waals surface area contributed by atoms with Gasteiger partial charge in [-0.25, -0.2) is 0 Å². The first-order valence-electron chi connectivity index (χ1n) is 6.24. The molecule has 1 saturated heterocycles. The summed E-state index contributed by atoms with van der Waals surface area (Å²) in [4.78, 5) is 12.9. The van der Waals surface area contributed by atoms with Gasteiger partial charge in [0.15, 0.2) is 0 Å². The molecule has 0 unspecified atom stereocenters. The Morgan fingerprint density at radius 3 is 2.53 bits per heavy atom. The zero-order chi connectivity index (χ0) is 12.3. The van der Waals surface area contributed by atoms with E-state index in [9.17, 15) is 10.1 Å². The van der Waals surface area contributed by atoms with Crippen LogP contribution in [0.15, 0.2) is 18.2 Å². The van der Waals surface area contributed by atoms with E-state index in [1.807, 2.05) is 6.92 Å². The number of nitro benzene ring substituents is 1. The largest absolute Gasteiger partial charge is 0.371 e. The van der Waals surface area contributed by atoms with Crippen molar-refractivity contribution in [3.63, 3.8) is 0 Å².